The average molecular weight is 256 g/mol. The van der Waals surface area contributed by atoms with Crippen LogP contribution in [0.3, 0.4) is 0 Å². The van der Waals surface area contributed by atoms with E-state index in [4.69, 9.17) is 21.9 Å². The first-order valence-electron chi connectivity index (χ1n) is 5.17. The van der Waals surface area contributed by atoms with Crippen LogP contribution < -0.4 is 5.73 Å². The van der Waals surface area contributed by atoms with Gasteiger partial charge in [0.25, 0.3) is 5.89 Å². The minimum atomic E-state index is -0.502. The summed E-state index contributed by atoms with van der Waals surface area (Å²) in [5, 5.41) is 3.94. The zero-order valence-corrected chi connectivity index (χ0v) is 9.91. The molecule has 0 spiro atoms. The number of nitrogens with two attached hydrogens (primary N) is 1. The van der Waals surface area contributed by atoms with E-state index in [2.05, 4.69) is 10.1 Å². The highest BCUT2D eigenvalue weighted by Crippen LogP contribution is 2.29. The van der Waals surface area contributed by atoms with Gasteiger partial charge in [-0.15, -0.1) is 0 Å². The Kier molecular flexibility index (Phi) is 3.40. The summed E-state index contributed by atoms with van der Waals surface area (Å²) in [6.45, 7) is 1.90. The molecular weight excluding hydrogens is 245 g/mol. The van der Waals surface area contributed by atoms with Gasteiger partial charge in [0.05, 0.1) is 16.6 Å². The van der Waals surface area contributed by atoms with Gasteiger partial charge < -0.3 is 10.3 Å². The van der Waals surface area contributed by atoms with Gasteiger partial charge in [0.2, 0.25) is 0 Å². The quantitative estimate of drug-likeness (QED) is 0.916. The molecule has 1 atom stereocenters. The fraction of sp³-hybridized carbons (Fsp3) is 0.273. The molecule has 1 aromatic heterocycles. The normalized spacial score (nSPS) is 12.7. The average Bonchev–Trinajstić information content (AvgIpc) is 2.77. The lowest BCUT2D eigenvalue weighted by Gasteiger charge is -2.00. The van der Waals surface area contributed by atoms with Gasteiger partial charge in [-0.05, 0) is 18.6 Å². The zero-order chi connectivity index (χ0) is 12.4. The van der Waals surface area contributed by atoms with Crippen LogP contribution in [0.25, 0.3) is 11.5 Å². The molecule has 0 aliphatic heterocycles. The summed E-state index contributed by atoms with van der Waals surface area (Å²) in [6.07, 6.45) is 0.671. The molecule has 90 valence electrons. The third-order valence-electron chi connectivity index (χ3n) is 2.39. The molecule has 0 aliphatic rings. The fourth-order valence-electron chi connectivity index (χ4n) is 1.37. The molecule has 2 rings (SSSR count). The number of hydrogen-bond acceptors (Lipinski definition) is 4. The first-order chi connectivity index (χ1) is 8.13. The molecule has 0 amide bonds. The molecule has 0 fully saturated rings. The Morgan fingerprint density at radius 2 is 2.29 bits per heavy atom. The van der Waals surface area contributed by atoms with Crippen molar-refractivity contribution in [2.45, 2.75) is 19.4 Å². The Bertz CT molecular complexity index is 509. The predicted octanol–water partition coefficient (Wildman–Crippen LogP) is 2.94. The second-order valence-electron chi connectivity index (χ2n) is 3.57. The molecule has 0 saturated carbocycles. The summed E-state index contributed by atoms with van der Waals surface area (Å²) >= 11 is 5.89. The van der Waals surface area contributed by atoms with Crippen LogP contribution in [0.15, 0.2) is 22.7 Å². The number of benzene rings is 1. The first kappa shape index (κ1) is 12.0. The maximum absolute atomic E-state index is 13.6. The molecule has 6 heteroatoms. The van der Waals surface area contributed by atoms with Gasteiger partial charge in [0.15, 0.2) is 5.82 Å². The molecule has 0 bridgehead atoms. The summed E-state index contributed by atoms with van der Waals surface area (Å²) < 4.78 is 18.6. The van der Waals surface area contributed by atoms with E-state index in [1.54, 1.807) is 6.07 Å². The molecule has 2 aromatic rings. The van der Waals surface area contributed by atoms with Crippen LogP contribution in [0.2, 0.25) is 5.02 Å². The van der Waals surface area contributed by atoms with Crippen LogP contribution in [0.4, 0.5) is 4.39 Å². The van der Waals surface area contributed by atoms with Gasteiger partial charge in [0, 0.05) is 0 Å². The van der Waals surface area contributed by atoms with Crippen LogP contribution in [0.5, 0.6) is 0 Å². The molecule has 1 heterocycles. The molecule has 1 aromatic carbocycles. The van der Waals surface area contributed by atoms with Gasteiger partial charge >= 0.3 is 0 Å². The Morgan fingerprint density at radius 1 is 1.53 bits per heavy atom. The van der Waals surface area contributed by atoms with Gasteiger partial charge in [-0.3, -0.25) is 0 Å². The molecule has 0 radical (unpaired) electrons. The van der Waals surface area contributed by atoms with Crippen molar-refractivity contribution in [1.29, 1.82) is 0 Å². The van der Waals surface area contributed by atoms with Gasteiger partial charge in [-0.1, -0.05) is 29.7 Å². The molecule has 1 unspecified atom stereocenters. The molecule has 4 nitrogen and oxygen atoms in total. The highest BCUT2D eigenvalue weighted by atomic mass is 35.5. The highest BCUT2D eigenvalue weighted by molar-refractivity contribution is 6.33. The summed E-state index contributed by atoms with van der Waals surface area (Å²) in [7, 11) is 0. The van der Waals surface area contributed by atoms with E-state index in [9.17, 15) is 4.39 Å². The zero-order valence-electron chi connectivity index (χ0n) is 9.15. The Morgan fingerprint density at radius 3 is 2.94 bits per heavy atom. The summed E-state index contributed by atoms with van der Waals surface area (Å²) in [4.78, 5) is 4.05. The molecule has 0 saturated heterocycles. The lowest BCUT2D eigenvalue weighted by molar-refractivity contribution is 0.413. The summed E-state index contributed by atoms with van der Waals surface area (Å²) in [6, 6.07) is 4.03. The molecule has 17 heavy (non-hydrogen) atoms. The van der Waals surface area contributed by atoms with Crippen molar-refractivity contribution in [3.8, 4) is 11.5 Å². The van der Waals surface area contributed by atoms with Crippen molar-refractivity contribution < 1.29 is 8.91 Å². The van der Waals surface area contributed by atoms with Crippen molar-refractivity contribution in [2.24, 2.45) is 5.73 Å². The van der Waals surface area contributed by atoms with Crippen molar-refractivity contribution in [1.82, 2.24) is 10.1 Å². The number of hydrogen-bond donors (Lipinski definition) is 1. The van der Waals surface area contributed by atoms with E-state index in [-0.39, 0.29) is 22.5 Å². The second-order valence-corrected chi connectivity index (χ2v) is 3.98. The van der Waals surface area contributed by atoms with Crippen molar-refractivity contribution in [2.75, 3.05) is 0 Å². The predicted molar refractivity (Wildman–Crippen MR) is 61.9 cm³/mol. The fourth-order valence-corrected chi connectivity index (χ4v) is 1.62. The molecule has 0 aliphatic carbocycles. The highest BCUT2D eigenvalue weighted by Gasteiger charge is 2.18. The summed E-state index contributed by atoms with van der Waals surface area (Å²) in [5.74, 6) is -0.105. The lowest BCUT2D eigenvalue weighted by Crippen LogP contribution is -2.10. The summed E-state index contributed by atoms with van der Waals surface area (Å²) in [5.41, 5.74) is 5.86. The number of rotatable bonds is 3. The van der Waals surface area contributed by atoms with Crippen LogP contribution in [0.1, 0.15) is 25.2 Å². The van der Waals surface area contributed by atoms with E-state index in [0.717, 1.165) is 0 Å². The Hall–Kier alpha value is -1.46. The second kappa shape index (κ2) is 4.81. The maximum atomic E-state index is 13.6. The van der Waals surface area contributed by atoms with Crippen molar-refractivity contribution in [3.63, 3.8) is 0 Å². The minimum absolute atomic E-state index is 0.0481. The van der Waals surface area contributed by atoms with E-state index in [1.165, 1.54) is 12.1 Å². The largest absolute Gasteiger partial charge is 0.334 e. The third-order valence-corrected chi connectivity index (χ3v) is 2.70. The van der Waals surface area contributed by atoms with Crippen LogP contribution >= 0.6 is 11.6 Å². The maximum Gasteiger partial charge on any atom is 0.262 e. The monoisotopic (exact) mass is 255 g/mol. The van der Waals surface area contributed by atoms with E-state index < -0.39 is 5.82 Å². The van der Waals surface area contributed by atoms with E-state index in [0.29, 0.717) is 12.2 Å². The number of halogens is 2. The third kappa shape index (κ3) is 2.30. The van der Waals surface area contributed by atoms with Crippen LogP contribution in [-0.2, 0) is 0 Å². The van der Waals surface area contributed by atoms with Gasteiger partial charge in [-0.2, -0.15) is 4.98 Å². The number of aromatic nitrogens is 2. The molecule has 2 N–H and O–H groups in total. The van der Waals surface area contributed by atoms with E-state index >= 15 is 0 Å². The SMILES string of the molecule is CCC(N)c1noc(-c2c(F)cccc2Cl)n1. The Balaban J connectivity index is 2.44. The van der Waals surface area contributed by atoms with Gasteiger partial charge in [-0.25, -0.2) is 4.39 Å². The Labute approximate surface area is 103 Å². The minimum Gasteiger partial charge on any atom is -0.334 e. The van der Waals surface area contributed by atoms with Crippen molar-refractivity contribution >= 4 is 11.6 Å². The van der Waals surface area contributed by atoms with E-state index in [1.807, 2.05) is 6.92 Å². The number of nitrogens with zero attached hydrogens (tertiary/aromatic N) is 2. The molecular formula is C11H11ClFN3O. The van der Waals surface area contributed by atoms with Crippen LogP contribution in [-0.4, -0.2) is 10.1 Å². The first-order valence-corrected chi connectivity index (χ1v) is 5.54. The smallest absolute Gasteiger partial charge is 0.262 e. The van der Waals surface area contributed by atoms with Gasteiger partial charge in [0.1, 0.15) is 5.82 Å². The standard InChI is InChI=1S/C11H11ClFN3O/c1-2-8(14)10-15-11(17-16-10)9-6(12)4-3-5-7(9)13/h3-5,8H,2,14H2,1H3. The lowest BCUT2D eigenvalue weighted by atomic mass is 10.2. The van der Waals surface area contributed by atoms with Crippen LogP contribution in [0, 0.1) is 5.82 Å². The topological polar surface area (TPSA) is 64.9 Å². The van der Waals surface area contributed by atoms with Crippen molar-refractivity contribution in [3.05, 3.63) is 34.9 Å².